The Balaban J connectivity index is 2.07. The van der Waals surface area contributed by atoms with E-state index < -0.39 is 5.41 Å². The number of esters is 1. The van der Waals surface area contributed by atoms with Gasteiger partial charge < -0.3 is 19.5 Å². The molecule has 50 heavy (non-hydrogen) atoms. The molecule has 2 rings (SSSR count). The lowest BCUT2D eigenvalue weighted by atomic mass is 9.74. The molecule has 0 saturated carbocycles. The third-order valence-corrected chi connectivity index (χ3v) is 9.47. The Kier molecular flexibility index (Phi) is 14.9. The molecule has 7 nitrogen and oxygen atoms in total. The van der Waals surface area contributed by atoms with E-state index in [0.29, 0.717) is 43.9 Å². The van der Waals surface area contributed by atoms with E-state index in [9.17, 15) is 9.70 Å². The first-order chi connectivity index (χ1) is 23.0. The zero-order valence-electron chi connectivity index (χ0n) is 33.9. The summed E-state index contributed by atoms with van der Waals surface area (Å²) in [6, 6.07) is 4.21. The molecule has 1 aromatic rings. The maximum atomic E-state index is 12.9. The van der Waals surface area contributed by atoms with E-state index in [0.717, 1.165) is 36.0 Å². The lowest BCUT2D eigenvalue weighted by Gasteiger charge is -2.46. The number of allylic oxidation sites excluding steroid dienone is 5. The number of carbonyl (C=O) groups is 1. The lowest BCUT2D eigenvalue weighted by Crippen LogP contribution is -2.54. The molecule has 0 spiro atoms. The van der Waals surface area contributed by atoms with Crippen LogP contribution in [0.1, 0.15) is 139 Å². The molecule has 1 aliphatic heterocycles. The highest BCUT2D eigenvalue weighted by Gasteiger charge is 2.39. The van der Waals surface area contributed by atoms with Gasteiger partial charge in [-0.1, -0.05) is 113 Å². The maximum Gasteiger partial charge on any atom is 0.306 e. The van der Waals surface area contributed by atoms with E-state index in [1.807, 2.05) is 0 Å². The van der Waals surface area contributed by atoms with Gasteiger partial charge in [0.2, 0.25) is 0 Å². The van der Waals surface area contributed by atoms with E-state index in [4.69, 9.17) is 14.2 Å². The smallest absolute Gasteiger partial charge is 0.306 e. The van der Waals surface area contributed by atoms with Gasteiger partial charge in [-0.25, -0.2) is 0 Å². The summed E-state index contributed by atoms with van der Waals surface area (Å²) in [5, 5.41) is 7.09. The quantitative estimate of drug-likeness (QED) is 0.0993. The molecule has 0 radical (unpaired) electrons. The fourth-order valence-electron chi connectivity index (χ4n) is 6.70. The largest absolute Gasteiger partial charge is 0.498 e. The van der Waals surface area contributed by atoms with Crippen LogP contribution >= 0.6 is 0 Å². The van der Waals surface area contributed by atoms with Crippen LogP contribution in [0, 0.1) is 15.7 Å². The van der Waals surface area contributed by atoms with Gasteiger partial charge in [0.15, 0.2) is 0 Å². The fourth-order valence-corrected chi connectivity index (χ4v) is 6.70. The Morgan fingerprint density at radius 3 is 1.98 bits per heavy atom. The van der Waals surface area contributed by atoms with Crippen molar-refractivity contribution in [1.29, 1.82) is 0 Å². The summed E-state index contributed by atoms with van der Waals surface area (Å²) in [6.07, 6.45) is 10.3. The van der Waals surface area contributed by atoms with Gasteiger partial charge in [0.1, 0.15) is 12.3 Å². The molecule has 1 N–H and O–H groups in total. The first kappa shape index (κ1) is 43.0. The number of hydrogen-bond donors (Lipinski definition) is 1. The SMILES string of the molecule is C=C(CCc1cc(C(C)(C)C)c(N=O)c(C(C)(C)C)c1)OCC(CCC)(COC)COC(=O)CCC=C/C(=C1/NC(C)(C)/C1=C/C)C(C)(C)C. The molecular weight excluding hydrogens is 624 g/mol. The molecule has 0 amide bonds. The van der Waals surface area contributed by atoms with Gasteiger partial charge in [-0.3, -0.25) is 4.79 Å². The van der Waals surface area contributed by atoms with Crippen LogP contribution in [0.5, 0.6) is 0 Å². The Morgan fingerprint density at radius 2 is 1.52 bits per heavy atom. The third kappa shape index (κ3) is 11.7. The summed E-state index contributed by atoms with van der Waals surface area (Å²) in [6.45, 7) is 33.1. The van der Waals surface area contributed by atoms with Gasteiger partial charge in [0, 0.05) is 25.6 Å². The minimum atomic E-state index is -0.483. The summed E-state index contributed by atoms with van der Waals surface area (Å²) in [5.74, 6) is 0.434. The number of aryl methyl sites for hydroxylation is 1. The Morgan fingerprint density at radius 1 is 0.940 bits per heavy atom. The number of nitrogens with zero attached hydrogens (tertiary/aromatic N) is 1. The number of nitrogens with one attached hydrogen (secondary N) is 1. The lowest BCUT2D eigenvalue weighted by molar-refractivity contribution is -0.150. The van der Waals surface area contributed by atoms with Crippen LogP contribution < -0.4 is 5.32 Å². The topological polar surface area (TPSA) is 86.2 Å². The predicted octanol–water partition coefficient (Wildman–Crippen LogP) is 11.1. The molecular formula is C43H68N2O5. The molecule has 0 bridgehead atoms. The second kappa shape index (κ2) is 17.4. The Labute approximate surface area is 304 Å². The van der Waals surface area contributed by atoms with Crippen LogP contribution in [0.2, 0.25) is 0 Å². The average Bonchev–Trinajstić information content (AvgIpc) is 2.99. The minimum absolute atomic E-state index is 0.0319. The van der Waals surface area contributed by atoms with Gasteiger partial charge in [-0.2, -0.15) is 0 Å². The van der Waals surface area contributed by atoms with Crippen molar-refractivity contribution in [3.8, 4) is 0 Å². The van der Waals surface area contributed by atoms with Gasteiger partial charge in [0.25, 0.3) is 0 Å². The van der Waals surface area contributed by atoms with Crippen molar-refractivity contribution < 1.29 is 19.0 Å². The van der Waals surface area contributed by atoms with E-state index in [2.05, 4.69) is 137 Å². The molecule has 0 aromatic heterocycles. The number of methoxy groups -OCH3 is 1. The van der Waals surface area contributed by atoms with Crippen molar-refractivity contribution in [1.82, 2.24) is 5.32 Å². The number of nitroso groups, excluding NO2 is 1. The molecule has 1 aromatic carbocycles. The second-order valence-corrected chi connectivity index (χ2v) is 17.7. The number of hydrogen-bond acceptors (Lipinski definition) is 7. The van der Waals surface area contributed by atoms with Crippen LogP contribution in [0.15, 0.2) is 64.7 Å². The molecule has 7 heteroatoms. The molecule has 1 saturated heterocycles. The number of benzene rings is 1. The fraction of sp³-hybridized carbons (Fsp3) is 0.651. The second-order valence-electron chi connectivity index (χ2n) is 17.7. The normalized spacial score (nSPS) is 17.9. The summed E-state index contributed by atoms with van der Waals surface area (Å²) < 4.78 is 17.8. The van der Waals surface area contributed by atoms with Gasteiger partial charge in [0.05, 0.1) is 29.9 Å². The van der Waals surface area contributed by atoms with E-state index in [1.165, 1.54) is 16.8 Å². The van der Waals surface area contributed by atoms with Crippen molar-refractivity contribution in [3.63, 3.8) is 0 Å². The van der Waals surface area contributed by atoms with Crippen molar-refractivity contribution in [3.05, 3.63) is 81.1 Å². The molecule has 0 aliphatic carbocycles. The van der Waals surface area contributed by atoms with Crippen LogP contribution in [0.4, 0.5) is 5.69 Å². The summed E-state index contributed by atoms with van der Waals surface area (Å²) in [7, 11) is 1.67. The molecule has 280 valence electrons. The van der Waals surface area contributed by atoms with Crippen molar-refractivity contribution >= 4 is 11.7 Å². The van der Waals surface area contributed by atoms with Crippen LogP contribution in [0.25, 0.3) is 0 Å². The summed E-state index contributed by atoms with van der Waals surface area (Å²) >= 11 is 0. The van der Waals surface area contributed by atoms with Gasteiger partial charge in [-0.15, -0.1) is 4.91 Å². The average molecular weight is 693 g/mol. The van der Waals surface area contributed by atoms with E-state index in [-0.39, 0.29) is 34.4 Å². The van der Waals surface area contributed by atoms with Gasteiger partial charge >= 0.3 is 5.97 Å². The Hall–Kier alpha value is -3.19. The monoisotopic (exact) mass is 693 g/mol. The van der Waals surface area contributed by atoms with Crippen molar-refractivity contribution in [2.45, 2.75) is 145 Å². The first-order valence-corrected chi connectivity index (χ1v) is 18.4. The molecule has 1 heterocycles. The zero-order valence-corrected chi connectivity index (χ0v) is 33.9. The van der Waals surface area contributed by atoms with Gasteiger partial charge in [-0.05, 0) is 89.3 Å². The zero-order chi connectivity index (χ0) is 38.1. The molecule has 1 aliphatic rings. The molecule has 1 fully saturated rings. The van der Waals surface area contributed by atoms with Crippen molar-refractivity contribution in [2.75, 3.05) is 26.9 Å². The standard InChI is InChI=1S/C43H68N2O5/c1-16-24-43(27-48-15,29-50-36(46)21-19-18-20-33(39(4,5)6)37-32(17-2)42(13,14)44-37)28-49-30(3)22-23-31-25-34(40(7,8)9)38(45-47)35(26-31)41(10,11)12/h17-18,20,25-26,44H,3,16,19,21-24,27-29H2,1-2,4-15H3/b20-18?,32-17+,37-33-. The molecule has 1 atom stereocenters. The Bertz CT molecular complexity index is 1400. The number of ether oxygens (including phenoxy) is 3. The third-order valence-electron chi connectivity index (χ3n) is 9.47. The molecule has 1 unspecified atom stereocenters. The predicted molar refractivity (Wildman–Crippen MR) is 209 cm³/mol. The van der Waals surface area contributed by atoms with Crippen LogP contribution in [-0.4, -0.2) is 38.4 Å². The van der Waals surface area contributed by atoms with E-state index >= 15 is 0 Å². The summed E-state index contributed by atoms with van der Waals surface area (Å²) in [4.78, 5) is 24.9. The van der Waals surface area contributed by atoms with Crippen LogP contribution in [0.3, 0.4) is 0 Å². The highest BCUT2D eigenvalue weighted by atomic mass is 16.5. The first-order valence-electron chi connectivity index (χ1n) is 18.4. The van der Waals surface area contributed by atoms with Crippen molar-refractivity contribution in [2.24, 2.45) is 16.0 Å². The maximum absolute atomic E-state index is 12.9. The minimum Gasteiger partial charge on any atom is -0.498 e. The summed E-state index contributed by atoms with van der Waals surface area (Å²) in [5.41, 5.74) is 6.30. The number of rotatable bonds is 17. The van der Waals surface area contributed by atoms with Crippen LogP contribution in [-0.2, 0) is 36.3 Å². The van der Waals surface area contributed by atoms with E-state index in [1.54, 1.807) is 7.11 Å². The highest BCUT2D eigenvalue weighted by Crippen LogP contribution is 2.42. The highest BCUT2D eigenvalue weighted by molar-refractivity contribution is 5.69. The number of carbonyl (C=O) groups excluding carboxylic acids is 1.